The first-order chi connectivity index (χ1) is 11.6. The molecule has 0 fully saturated rings. The summed E-state index contributed by atoms with van der Waals surface area (Å²) in [4.78, 5) is 0.201. The van der Waals surface area contributed by atoms with Crippen molar-refractivity contribution < 1.29 is 8.42 Å². The summed E-state index contributed by atoms with van der Waals surface area (Å²) in [5, 5.41) is 10.9. The molecule has 0 atom stereocenters. The lowest BCUT2D eigenvalue weighted by atomic mass is 10.1. The summed E-state index contributed by atoms with van der Waals surface area (Å²) in [7, 11) is -3.74. The second-order valence-corrected chi connectivity index (χ2v) is 7.36. The van der Waals surface area contributed by atoms with Gasteiger partial charge in [-0.2, -0.15) is 9.57 Å². The van der Waals surface area contributed by atoms with Crippen molar-refractivity contribution in [3.8, 4) is 6.07 Å². The quantitative estimate of drug-likeness (QED) is 0.669. The third-order valence-electron chi connectivity index (χ3n) is 3.81. The van der Waals surface area contributed by atoms with Gasteiger partial charge in [0.2, 0.25) is 10.0 Å². The van der Waals surface area contributed by atoms with Gasteiger partial charge >= 0.3 is 0 Å². The molecule has 3 aromatic carbocycles. The van der Waals surface area contributed by atoms with Crippen LogP contribution in [0.15, 0.2) is 77.7 Å². The van der Waals surface area contributed by atoms with Crippen LogP contribution in [0.25, 0.3) is 10.8 Å². The number of fused-ring (bicyclic) bond motifs is 1. The van der Waals surface area contributed by atoms with Crippen LogP contribution < -0.4 is 0 Å². The van der Waals surface area contributed by atoms with E-state index < -0.39 is 10.0 Å². The van der Waals surface area contributed by atoms with Gasteiger partial charge in [-0.3, -0.25) is 0 Å². The van der Waals surface area contributed by atoms with Crippen molar-refractivity contribution in [1.82, 2.24) is 4.31 Å². The molecule has 3 rings (SSSR count). The summed E-state index contributed by atoms with van der Waals surface area (Å²) in [5.41, 5.74) is 0.845. The molecular formula is C19H16N2O2S. The van der Waals surface area contributed by atoms with Crippen LogP contribution in [0.2, 0.25) is 0 Å². The average Bonchev–Trinajstić information content (AvgIpc) is 2.62. The van der Waals surface area contributed by atoms with E-state index in [1.54, 1.807) is 18.2 Å². The Labute approximate surface area is 141 Å². The first kappa shape index (κ1) is 16.2. The lowest BCUT2D eigenvalue weighted by Gasteiger charge is -2.19. The fraction of sp³-hybridized carbons (Fsp3) is 0.105. The molecule has 24 heavy (non-hydrogen) atoms. The monoisotopic (exact) mass is 336 g/mol. The van der Waals surface area contributed by atoms with Gasteiger partial charge in [-0.15, -0.1) is 0 Å². The Morgan fingerprint density at radius 1 is 0.875 bits per heavy atom. The molecule has 5 heteroatoms. The topological polar surface area (TPSA) is 61.2 Å². The van der Waals surface area contributed by atoms with Gasteiger partial charge in [0.1, 0.15) is 6.54 Å². The van der Waals surface area contributed by atoms with Crippen molar-refractivity contribution in [3.05, 3.63) is 78.4 Å². The van der Waals surface area contributed by atoms with E-state index in [0.717, 1.165) is 16.3 Å². The fourth-order valence-corrected chi connectivity index (χ4v) is 3.93. The number of nitriles is 1. The molecule has 0 bridgehead atoms. The standard InChI is InChI=1S/C19H16N2O2S/c20-12-13-21(15-16-6-2-1-3-7-16)24(22,23)19-11-10-17-8-4-5-9-18(17)14-19/h1-11,14H,13,15H2. The van der Waals surface area contributed by atoms with Crippen molar-refractivity contribution in [2.24, 2.45) is 0 Å². The summed E-state index contributed by atoms with van der Waals surface area (Å²) in [6.07, 6.45) is 0. The van der Waals surface area contributed by atoms with E-state index in [1.165, 1.54) is 4.31 Å². The zero-order chi connectivity index (χ0) is 17.0. The summed E-state index contributed by atoms with van der Waals surface area (Å²) in [6.45, 7) is -0.0202. The fourth-order valence-electron chi connectivity index (χ4n) is 2.57. The summed E-state index contributed by atoms with van der Waals surface area (Å²) in [6, 6.07) is 23.8. The highest BCUT2D eigenvalue weighted by molar-refractivity contribution is 7.89. The highest BCUT2D eigenvalue weighted by Crippen LogP contribution is 2.23. The average molecular weight is 336 g/mol. The molecule has 0 spiro atoms. The van der Waals surface area contributed by atoms with Crippen molar-refractivity contribution in [2.75, 3.05) is 6.54 Å². The number of hydrogen-bond donors (Lipinski definition) is 0. The first-order valence-electron chi connectivity index (χ1n) is 7.51. The minimum absolute atomic E-state index is 0.170. The third kappa shape index (κ3) is 3.30. The zero-order valence-electron chi connectivity index (χ0n) is 13.0. The molecule has 4 nitrogen and oxygen atoms in total. The Bertz CT molecular complexity index is 993. The highest BCUT2D eigenvalue weighted by atomic mass is 32.2. The molecule has 0 N–H and O–H groups in total. The minimum Gasteiger partial charge on any atom is -0.207 e. The maximum Gasteiger partial charge on any atom is 0.244 e. The SMILES string of the molecule is N#CCN(Cc1ccccc1)S(=O)(=O)c1ccc2ccccc2c1. The summed E-state index contributed by atoms with van der Waals surface area (Å²) < 4.78 is 27.1. The van der Waals surface area contributed by atoms with Crippen molar-refractivity contribution in [1.29, 1.82) is 5.26 Å². The highest BCUT2D eigenvalue weighted by Gasteiger charge is 2.24. The minimum atomic E-state index is -3.74. The van der Waals surface area contributed by atoms with Gasteiger partial charge in [0.25, 0.3) is 0 Å². The van der Waals surface area contributed by atoms with E-state index in [4.69, 9.17) is 5.26 Å². The Kier molecular flexibility index (Phi) is 4.61. The van der Waals surface area contributed by atoms with Crippen LogP contribution in [0.1, 0.15) is 5.56 Å². The van der Waals surface area contributed by atoms with E-state index in [-0.39, 0.29) is 18.0 Å². The Hall–Kier alpha value is -2.68. The smallest absolute Gasteiger partial charge is 0.207 e. The molecule has 0 aliphatic heterocycles. The molecule has 3 aromatic rings. The van der Waals surface area contributed by atoms with E-state index in [1.807, 2.05) is 60.7 Å². The van der Waals surface area contributed by atoms with Gasteiger partial charge in [0.15, 0.2) is 0 Å². The zero-order valence-corrected chi connectivity index (χ0v) is 13.8. The molecular weight excluding hydrogens is 320 g/mol. The molecule has 0 aromatic heterocycles. The van der Waals surface area contributed by atoms with E-state index in [0.29, 0.717) is 0 Å². The Balaban J connectivity index is 1.99. The van der Waals surface area contributed by atoms with Gasteiger partial charge in [0, 0.05) is 6.54 Å². The second kappa shape index (κ2) is 6.83. The van der Waals surface area contributed by atoms with Crippen LogP contribution in [-0.4, -0.2) is 19.3 Å². The number of nitrogens with zero attached hydrogens (tertiary/aromatic N) is 2. The van der Waals surface area contributed by atoms with Gasteiger partial charge < -0.3 is 0 Å². The van der Waals surface area contributed by atoms with E-state index >= 15 is 0 Å². The van der Waals surface area contributed by atoms with Crippen molar-refractivity contribution >= 4 is 20.8 Å². The summed E-state index contributed by atoms with van der Waals surface area (Å²) >= 11 is 0. The normalized spacial score (nSPS) is 11.5. The van der Waals surface area contributed by atoms with Crippen LogP contribution in [-0.2, 0) is 16.6 Å². The first-order valence-corrected chi connectivity index (χ1v) is 8.95. The molecule has 0 amide bonds. The largest absolute Gasteiger partial charge is 0.244 e. The number of benzene rings is 3. The predicted octanol–water partition coefficient (Wildman–Crippen LogP) is 3.55. The van der Waals surface area contributed by atoms with Gasteiger partial charge in [-0.05, 0) is 28.5 Å². The predicted molar refractivity (Wildman–Crippen MR) is 93.6 cm³/mol. The molecule has 0 saturated heterocycles. The van der Waals surface area contributed by atoms with Crippen LogP contribution in [0.5, 0.6) is 0 Å². The molecule has 0 aliphatic carbocycles. The van der Waals surface area contributed by atoms with Crippen molar-refractivity contribution in [2.45, 2.75) is 11.4 Å². The maximum atomic E-state index is 12.9. The van der Waals surface area contributed by atoms with E-state index in [2.05, 4.69) is 0 Å². The lowest BCUT2D eigenvalue weighted by Crippen LogP contribution is -2.31. The van der Waals surface area contributed by atoms with Crippen LogP contribution in [0, 0.1) is 11.3 Å². The third-order valence-corrected chi connectivity index (χ3v) is 5.60. The molecule has 0 unspecified atom stereocenters. The second-order valence-electron chi connectivity index (χ2n) is 5.43. The number of sulfonamides is 1. The Morgan fingerprint density at radius 3 is 2.25 bits per heavy atom. The number of rotatable bonds is 5. The van der Waals surface area contributed by atoms with Crippen LogP contribution in [0.3, 0.4) is 0 Å². The molecule has 0 radical (unpaired) electrons. The number of hydrogen-bond acceptors (Lipinski definition) is 3. The van der Waals surface area contributed by atoms with Gasteiger partial charge in [0.05, 0.1) is 11.0 Å². The lowest BCUT2D eigenvalue weighted by molar-refractivity contribution is 0.441. The Morgan fingerprint density at radius 2 is 1.54 bits per heavy atom. The maximum absolute atomic E-state index is 12.9. The molecule has 0 heterocycles. The van der Waals surface area contributed by atoms with Gasteiger partial charge in [-0.1, -0.05) is 60.7 Å². The van der Waals surface area contributed by atoms with E-state index in [9.17, 15) is 8.42 Å². The van der Waals surface area contributed by atoms with Crippen LogP contribution >= 0.6 is 0 Å². The van der Waals surface area contributed by atoms with Crippen LogP contribution in [0.4, 0.5) is 0 Å². The van der Waals surface area contributed by atoms with Crippen molar-refractivity contribution in [3.63, 3.8) is 0 Å². The molecule has 0 saturated carbocycles. The molecule has 0 aliphatic rings. The summed E-state index contributed by atoms with van der Waals surface area (Å²) in [5.74, 6) is 0. The molecule has 120 valence electrons. The van der Waals surface area contributed by atoms with Gasteiger partial charge in [-0.25, -0.2) is 8.42 Å².